The number of halogens is 3. The predicted octanol–water partition coefficient (Wildman–Crippen LogP) is 3.34. The van der Waals surface area contributed by atoms with Crippen LogP contribution in [0.25, 0.3) is 0 Å². The number of nitrogens with zero attached hydrogens (tertiary/aromatic N) is 2. The SMILES string of the molecule is CC1CCN(c2ccc(C(F)(F)F)cn2)CC1. The van der Waals surface area contributed by atoms with Gasteiger partial charge in [-0.2, -0.15) is 13.2 Å². The highest BCUT2D eigenvalue weighted by Gasteiger charge is 2.31. The number of rotatable bonds is 1. The summed E-state index contributed by atoms with van der Waals surface area (Å²) in [5.41, 5.74) is -0.688. The van der Waals surface area contributed by atoms with Gasteiger partial charge in [0.15, 0.2) is 0 Å². The molecular formula is C12H15F3N2. The second-order valence-electron chi connectivity index (χ2n) is 4.57. The molecule has 1 aromatic rings. The number of hydrogen-bond acceptors (Lipinski definition) is 2. The van der Waals surface area contributed by atoms with Gasteiger partial charge in [-0.1, -0.05) is 6.92 Å². The molecule has 0 atom stereocenters. The van der Waals surface area contributed by atoms with Crippen LogP contribution < -0.4 is 4.90 Å². The van der Waals surface area contributed by atoms with E-state index >= 15 is 0 Å². The molecule has 0 N–H and O–H groups in total. The summed E-state index contributed by atoms with van der Waals surface area (Å²) in [6.07, 6.45) is -1.25. The van der Waals surface area contributed by atoms with Gasteiger partial charge in [0, 0.05) is 19.3 Å². The zero-order valence-corrected chi connectivity index (χ0v) is 9.67. The molecule has 2 nitrogen and oxygen atoms in total. The molecule has 1 aromatic heterocycles. The molecule has 17 heavy (non-hydrogen) atoms. The first-order valence-electron chi connectivity index (χ1n) is 5.75. The minimum atomic E-state index is -4.30. The van der Waals surface area contributed by atoms with Crippen molar-refractivity contribution in [1.29, 1.82) is 0 Å². The third kappa shape index (κ3) is 2.90. The van der Waals surface area contributed by atoms with E-state index in [-0.39, 0.29) is 0 Å². The monoisotopic (exact) mass is 244 g/mol. The van der Waals surface area contributed by atoms with Crippen LogP contribution in [0, 0.1) is 5.92 Å². The molecular weight excluding hydrogens is 229 g/mol. The molecule has 1 fully saturated rings. The van der Waals surface area contributed by atoms with Gasteiger partial charge in [-0.15, -0.1) is 0 Å². The number of hydrogen-bond donors (Lipinski definition) is 0. The third-order valence-electron chi connectivity index (χ3n) is 3.18. The van der Waals surface area contributed by atoms with Crippen LogP contribution in [-0.2, 0) is 6.18 Å². The maximum absolute atomic E-state index is 12.4. The summed E-state index contributed by atoms with van der Waals surface area (Å²) in [5, 5.41) is 0. The van der Waals surface area contributed by atoms with E-state index in [1.54, 1.807) is 0 Å². The van der Waals surface area contributed by atoms with Crippen LogP contribution in [-0.4, -0.2) is 18.1 Å². The van der Waals surface area contributed by atoms with Gasteiger partial charge >= 0.3 is 6.18 Å². The van der Waals surface area contributed by atoms with Gasteiger partial charge in [0.25, 0.3) is 0 Å². The van der Waals surface area contributed by atoms with Crippen LogP contribution in [0.15, 0.2) is 18.3 Å². The predicted molar refractivity (Wildman–Crippen MR) is 59.9 cm³/mol. The molecule has 0 aliphatic carbocycles. The van der Waals surface area contributed by atoms with Crippen LogP contribution in [0.4, 0.5) is 19.0 Å². The van der Waals surface area contributed by atoms with E-state index in [4.69, 9.17) is 0 Å². The molecule has 2 heterocycles. The standard InChI is InChI=1S/C12H15F3N2/c1-9-4-6-17(7-5-9)11-3-2-10(8-16-11)12(13,14)15/h2-3,8-9H,4-7H2,1H3. The quantitative estimate of drug-likeness (QED) is 0.753. The second-order valence-corrected chi connectivity index (χ2v) is 4.57. The number of anilines is 1. The van der Waals surface area contributed by atoms with Crippen molar-refractivity contribution in [3.05, 3.63) is 23.9 Å². The Kier molecular flexibility index (Phi) is 3.26. The van der Waals surface area contributed by atoms with Crippen molar-refractivity contribution < 1.29 is 13.2 Å². The second kappa shape index (κ2) is 4.55. The Bertz CT molecular complexity index is 364. The lowest BCUT2D eigenvalue weighted by molar-refractivity contribution is -0.137. The fourth-order valence-corrected chi connectivity index (χ4v) is 1.98. The van der Waals surface area contributed by atoms with Crippen molar-refractivity contribution in [2.45, 2.75) is 25.9 Å². The summed E-state index contributed by atoms with van der Waals surface area (Å²) >= 11 is 0. The number of pyridine rings is 1. The Labute approximate surface area is 98.5 Å². The van der Waals surface area contributed by atoms with E-state index in [1.807, 2.05) is 4.90 Å². The van der Waals surface area contributed by atoms with E-state index in [0.29, 0.717) is 11.7 Å². The van der Waals surface area contributed by atoms with E-state index in [2.05, 4.69) is 11.9 Å². The van der Waals surface area contributed by atoms with Crippen LogP contribution in [0.1, 0.15) is 25.3 Å². The Balaban J connectivity index is 2.08. The number of piperidine rings is 1. The van der Waals surface area contributed by atoms with Crippen LogP contribution in [0.3, 0.4) is 0 Å². The zero-order chi connectivity index (χ0) is 12.5. The highest BCUT2D eigenvalue weighted by atomic mass is 19.4. The third-order valence-corrected chi connectivity index (χ3v) is 3.18. The van der Waals surface area contributed by atoms with Crippen molar-refractivity contribution in [2.24, 2.45) is 5.92 Å². The molecule has 0 saturated carbocycles. The van der Waals surface area contributed by atoms with Gasteiger partial charge in [-0.25, -0.2) is 4.98 Å². The minimum absolute atomic E-state index is 0.643. The van der Waals surface area contributed by atoms with Gasteiger partial charge < -0.3 is 4.90 Å². The van der Waals surface area contributed by atoms with E-state index < -0.39 is 11.7 Å². The molecule has 0 spiro atoms. The zero-order valence-electron chi connectivity index (χ0n) is 9.67. The van der Waals surface area contributed by atoms with E-state index in [9.17, 15) is 13.2 Å². The van der Waals surface area contributed by atoms with Crippen molar-refractivity contribution in [3.8, 4) is 0 Å². The fourth-order valence-electron chi connectivity index (χ4n) is 1.98. The summed E-state index contributed by atoms with van der Waals surface area (Å²) < 4.78 is 37.1. The number of alkyl halides is 3. The first-order valence-corrected chi connectivity index (χ1v) is 5.75. The summed E-state index contributed by atoms with van der Waals surface area (Å²) in [5.74, 6) is 1.34. The van der Waals surface area contributed by atoms with Crippen molar-refractivity contribution in [3.63, 3.8) is 0 Å². The first kappa shape index (κ1) is 12.2. The topological polar surface area (TPSA) is 16.1 Å². The molecule has 1 aliphatic rings. The molecule has 0 radical (unpaired) electrons. The van der Waals surface area contributed by atoms with Gasteiger partial charge in [0.05, 0.1) is 5.56 Å². The Hall–Kier alpha value is -1.26. The summed E-state index contributed by atoms with van der Waals surface area (Å²) in [6, 6.07) is 2.55. The number of aromatic nitrogens is 1. The molecule has 5 heteroatoms. The van der Waals surface area contributed by atoms with E-state index in [0.717, 1.165) is 38.2 Å². The largest absolute Gasteiger partial charge is 0.417 e. The molecule has 2 rings (SSSR count). The first-order chi connectivity index (χ1) is 7.97. The van der Waals surface area contributed by atoms with E-state index in [1.165, 1.54) is 6.07 Å². The highest BCUT2D eigenvalue weighted by Crippen LogP contribution is 2.30. The fraction of sp³-hybridized carbons (Fsp3) is 0.583. The summed E-state index contributed by atoms with van der Waals surface area (Å²) in [6.45, 7) is 3.94. The Morgan fingerprint density at radius 2 is 1.88 bits per heavy atom. The Morgan fingerprint density at radius 1 is 1.24 bits per heavy atom. The van der Waals surface area contributed by atoms with Gasteiger partial charge in [-0.05, 0) is 30.9 Å². The van der Waals surface area contributed by atoms with Gasteiger partial charge in [0.1, 0.15) is 5.82 Å². The van der Waals surface area contributed by atoms with Crippen LogP contribution in [0.5, 0.6) is 0 Å². The lowest BCUT2D eigenvalue weighted by atomic mass is 9.99. The van der Waals surface area contributed by atoms with Crippen molar-refractivity contribution in [2.75, 3.05) is 18.0 Å². The van der Waals surface area contributed by atoms with Crippen LogP contribution >= 0.6 is 0 Å². The maximum atomic E-state index is 12.4. The maximum Gasteiger partial charge on any atom is 0.417 e. The van der Waals surface area contributed by atoms with Crippen molar-refractivity contribution >= 4 is 5.82 Å². The molecule has 0 bridgehead atoms. The smallest absolute Gasteiger partial charge is 0.357 e. The van der Waals surface area contributed by atoms with Crippen LogP contribution in [0.2, 0.25) is 0 Å². The van der Waals surface area contributed by atoms with Crippen molar-refractivity contribution in [1.82, 2.24) is 4.98 Å². The molecule has 0 aromatic carbocycles. The average molecular weight is 244 g/mol. The molecule has 0 unspecified atom stereocenters. The van der Waals surface area contributed by atoms with Gasteiger partial charge in [-0.3, -0.25) is 0 Å². The molecule has 0 amide bonds. The summed E-state index contributed by atoms with van der Waals surface area (Å²) in [7, 11) is 0. The lowest BCUT2D eigenvalue weighted by Gasteiger charge is -2.31. The molecule has 1 saturated heterocycles. The Morgan fingerprint density at radius 3 is 2.35 bits per heavy atom. The average Bonchev–Trinajstić information content (AvgIpc) is 2.29. The summed E-state index contributed by atoms with van der Waals surface area (Å²) in [4.78, 5) is 5.94. The normalized spacial score (nSPS) is 18.5. The van der Waals surface area contributed by atoms with Gasteiger partial charge in [0.2, 0.25) is 0 Å². The minimum Gasteiger partial charge on any atom is -0.357 e. The lowest BCUT2D eigenvalue weighted by Crippen LogP contribution is -2.33. The molecule has 1 aliphatic heterocycles. The molecule has 94 valence electrons. The highest BCUT2D eigenvalue weighted by molar-refractivity contribution is 5.40.